The lowest BCUT2D eigenvalue weighted by Crippen LogP contribution is -2.10. The fraction of sp³-hybridized carbons (Fsp3) is 0. The van der Waals surface area contributed by atoms with E-state index in [1.807, 2.05) is 11.3 Å². The summed E-state index contributed by atoms with van der Waals surface area (Å²) in [5.74, 6) is 0. The van der Waals surface area contributed by atoms with Crippen molar-refractivity contribution in [2.24, 2.45) is 0 Å². The fourth-order valence-corrected chi connectivity index (χ4v) is 7.65. The molecule has 0 amide bonds. The number of para-hydroxylation sites is 1. The zero-order valence-corrected chi connectivity index (χ0v) is 24.0. The van der Waals surface area contributed by atoms with Crippen LogP contribution in [0.1, 0.15) is 0 Å². The summed E-state index contributed by atoms with van der Waals surface area (Å²) in [7, 11) is 0. The van der Waals surface area contributed by atoms with Crippen LogP contribution in [0.5, 0.6) is 0 Å². The molecular formula is C40H25NOS. The van der Waals surface area contributed by atoms with E-state index < -0.39 is 0 Å². The highest BCUT2D eigenvalue weighted by Gasteiger charge is 2.22. The molecule has 0 saturated heterocycles. The molecule has 0 aliphatic rings. The molecule has 0 spiro atoms. The molecule has 3 heteroatoms. The normalized spacial score (nSPS) is 11.7. The van der Waals surface area contributed by atoms with Crippen LogP contribution in [-0.2, 0) is 0 Å². The van der Waals surface area contributed by atoms with Crippen LogP contribution in [0.4, 0.5) is 17.1 Å². The quantitative estimate of drug-likeness (QED) is 0.210. The van der Waals surface area contributed by atoms with Crippen LogP contribution >= 0.6 is 11.3 Å². The van der Waals surface area contributed by atoms with Crippen molar-refractivity contribution in [3.05, 3.63) is 152 Å². The van der Waals surface area contributed by atoms with E-state index in [0.717, 1.165) is 39.0 Å². The minimum Gasteiger partial charge on any atom is -0.456 e. The van der Waals surface area contributed by atoms with Crippen molar-refractivity contribution in [1.82, 2.24) is 0 Å². The second kappa shape index (κ2) is 9.59. The first-order valence-electron chi connectivity index (χ1n) is 14.5. The van der Waals surface area contributed by atoms with Gasteiger partial charge in [-0.05, 0) is 76.5 Å². The van der Waals surface area contributed by atoms with E-state index in [9.17, 15) is 0 Å². The molecule has 9 aromatic rings. The zero-order valence-electron chi connectivity index (χ0n) is 23.2. The summed E-state index contributed by atoms with van der Waals surface area (Å²) >= 11 is 1.85. The van der Waals surface area contributed by atoms with Gasteiger partial charge in [-0.1, -0.05) is 97.1 Å². The second-order valence-electron chi connectivity index (χ2n) is 10.9. The third-order valence-corrected chi connectivity index (χ3v) is 9.59. The van der Waals surface area contributed by atoms with Gasteiger partial charge in [0.25, 0.3) is 0 Å². The predicted octanol–water partition coefficient (Wildman–Crippen LogP) is 12.2. The third kappa shape index (κ3) is 3.79. The van der Waals surface area contributed by atoms with Crippen LogP contribution in [0.2, 0.25) is 0 Å². The van der Waals surface area contributed by atoms with Crippen molar-refractivity contribution in [1.29, 1.82) is 0 Å². The van der Waals surface area contributed by atoms with Crippen LogP contribution < -0.4 is 4.90 Å². The van der Waals surface area contributed by atoms with Crippen LogP contribution in [0.3, 0.4) is 0 Å². The molecule has 2 aromatic heterocycles. The number of thiophene rings is 1. The van der Waals surface area contributed by atoms with Crippen LogP contribution in [0.15, 0.2) is 156 Å². The summed E-state index contributed by atoms with van der Waals surface area (Å²) in [6.45, 7) is 0. The van der Waals surface area contributed by atoms with Gasteiger partial charge in [0.1, 0.15) is 11.2 Å². The molecule has 0 fully saturated rings. The molecule has 0 atom stereocenters. The summed E-state index contributed by atoms with van der Waals surface area (Å²) in [4.78, 5) is 2.38. The topological polar surface area (TPSA) is 16.4 Å². The number of rotatable bonds is 4. The number of benzene rings is 7. The van der Waals surface area contributed by atoms with Gasteiger partial charge in [-0.2, -0.15) is 0 Å². The lowest BCUT2D eigenvalue weighted by atomic mass is 9.94. The standard InChI is InChI=1S/C40H25NOS/c1-3-12-26(13-4-1)32-25-36-39(31-18-8-7-16-29(31)32)40-34(19-11-20-35(40)42-36)41(27-14-5-2-6-15-27)28-22-23-38-33(24-28)30-17-9-10-21-37(30)43-38/h1-25H. The minimum atomic E-state index is 0.880. The average molecular weight is 568 g/mol. The van der Waals surface area contributed by atoms with Gasteiger partial charge in [-0.15, -0.1) is 11.3 Å². The summed E-state index contributed by atoms with van der Waals surface area (Å²) in [6, 6.07) is 54.1. The van der Waals surface area contributed by atoms with Crippen LogP contribution in [0, 0.1) is 0 Å². The molecule has 43 heavy (non-hydrogen) atoms. The molecule has 0 N–H and O–H groups in total. The molecule has 2 nitrogen and oxygen atoms in total. The largest absolute Gasteiger partial charge is 0.456 e. The van der Waals surface area contributed by atoms with Crippen molar-refractivity contribution in [2.75, 3.05) is 4.90 Å². The van der Waals surface area contributed by atoms with Gasteiger partial charge in [0.2, 0.25) is 0 Å². The molecule has 0 radical (unpaired) electrons. The SMILES string of the molecule is c1ccc(-c2cc3oc4cccc(N(c5ccccc5)c5ccc6sc7ccccc7c6c5)c4c3c3ccccc23)cc1. The predicted molar refractivity (Wildman–Crippen MR) is 184 cm³/mol. The maximum Gasteiger partial charge on any atom is 0.137 e. The molecule has 0 saturated carbocycles. The Bertz CT molecular complexity index is 2460. The first-order chi connectivity index (χ1) is 21.3. The number of hydrogen-bond donors (Lipinski definition) is 0. The maximum absolute atomic E-state index is 6.68. The van der Waals surface area contributed by atoms with Gasteiger partial charge in [0.05, 0.1) is 11.1 Å². The van der Waals surface area contributed by atoms with E-state index >= 15 is 0 Å². The number of fused-ring (bicyclic) bond motifs is 8. The smallest absolute Gasteiger partial charge is 0.137 e. The van der Waals surface area contributed by atoms with Gasteiger partial charge >= 0.3 is 0 Å². The number of nitrogens with zero attached hydrogens (tertiary/aromatic N) is 1. The van der Waals surface area contributed by atoms with E-state index in [-0.39, 0.29) is 0 Å². The zero-order chi connectivity index (χ0) is 28.3. The number of furan rings is 1. The van der Waals surface area contributed by atoms with Crippen molar-refractivity contribution in [2.45, 2.75) is 0 Å². The Morgan fingerprint density at radius 1 is 0.442 bits per heavy atom. The van der Waals surface area contributed by atoms with E-state index in [4.69, 9.17) is 4.42 Å². The molecule has 0 bridgehead atoms. The summed E-state index contributed by atoms with van der Waals surface area (Å²) in [5.41, 5.74) is 7.46. The average Bonchev–Trinajstić information content (AvgIpc) is 3.64. The van der Waals surface area contributed by atoms with Gasteiger partial charge in [0.15, 0.2) is 0 Å². The van der Waals surface area contributed by atoms with E-state index in [0.29, 0.717) is 0 Å². The van der Waals surface area contributed by atoms with Crippen LogP contribution in [0.25, 0.3) is 64.0 Å². The van der Waals surface area contributed by atoms with Gasteiger partial charge in [-0.3, -0.25) is 0 Å². The Hall–Kier alpha value is -5.38. The Morgan fingerprint density at radius 2 is 1.14 bits per heavy atom. The van der Waals surface area contributed by atoms with E-state index in [1.54, 1.807) is 0 Å². The van der Waals surface area contributed by atoms with Crippen molar-refractivity contribution in [3.8, 4) is 11.1 Å². The Balaban J connectivity index is 1.36. The van der Waals surface area contributed by atoms with Crippen molar-refractivity contribution < 1.29 is 4.42 Å². The molecule has 7 aromatic carbocycles. The van der Waals surface area contributed by atoms with E-state index in [1.165, 1.54) is 42.1 Å². The monoisotopic (exact) mass is 567 g/mol. The van der Waals surface area contributed by atoms with E-state index in [2.05, 4.69) is 157 Å². The first-order valence-corrected chi connectivity index (χ1v) is 15.3. The highest BCUT2D eigenvalue weighted by molar-refractivity contribution is 7.25. The van der Waals surface area contributed by atoms with Crippen molar-refractivity contribution in [3.63, 3.8) is 0 Å². The van der Waals surface area contributed by atoms with Gasteiger partial charge in [0, 0.05) is 36.9 Å². The highest BCUT2D eigenvalue weighted by atomic mass is 32.1. The summed E-state index contributed by atoms with van der Waals surface area (Å²) < 4.78 is 9.28. The Morgan fingerprint density at radius 3 is 1.98 bits per heavy atom. The lowest BCUT2D eigenvalue weighted by Gasteiger charge is -2.26. The first kappa shape index (κ1) is 24.2. The Kier molecular flexibility index (Phi) is 5.40. The fourth-order valence-electron chi connectivity index (χ4n) is 6.56. The lowest BCUT2D eigenvalue weighted by molar-refractivity contribution is 0.669. The summed E-state index contributed by atoms with van der Waals surface area (Å²) in [6.07, 6.45) is 0. The molecule has 0 unspecified atom stereocenters. The molecule has 2 heterocycles. The van der Waals surface area contributed by atoms with Crippen molar-refractivity contribution >= 4 is 81.3 Å². The van der Waals surface area contributed by atoms with Gasteiger partial charge in [-0.25, -0.2) is 0 Å². The molecular weight excluding hydrogens is 543 g/mol. The second-order valence-corrected chi connectivity index (χ2v) is 12.0. The summed E-state index contributed by atoms with van der Waals surface area (Å²) in [5, 5.41) is 7.25. The van der Waals surface area contributed by atoms with Crippen LogP contribution in [-0.4, -0.2) is 0 Å². The minimum absolute atomic E-state index is 0.880. The maximum atomic E-state index is 6.68. The number of anilines is 3. The molecule has 202 valence electrons. The molecule has 9 rings (SSSR count). The Labute approximate surface area is 252 Å². The number of hydrogen-bond acceptors (Lipinski definition) is 3. The molecule has 0 aliphatic heterocycles. The molecule has 0 aliphatic carbocycles. The third-order valence-electron chi connectivity index (χ3n) is 8.44. The van der Waals surface area contributed by atoms with Gasteiger partial charge < -0.3 is 9.32 Å². The highest BCUT2D eigenvalue weighted by Crippen LogP contribution is 2.47.